The third-order valence-corrected chi connectivity index (χ3v) is 4.87. The lowest BCUT2D eigenvalue weighted by molar-refractivity contribution is -0.123. The molecule has 0 unspecified atom stereocenters. The number of hydrogen-bond donors (Lipinski definition) is 1. The number of carbonyl (C=O) groups excluding carboxylic acids is 2. The van der Waals surface area contributed by atoms with Gasteiger partial charge in [0.2, 0.25) is 5.76 Å². The standard InChI is InChI=1S/C24H21NO5/c1-15(23(26)25-20-12-7-9-16-8-3-4-10-17(16)20)29-24(27)22-19(14-28-2)18-11-5-6-13-21(18)30-22/h3-13,15H,14H2,1-2H3,(H,25,26)/t15-/m0/s1. The van der Waals surface area contributed by atoms with Crippen LogP contribution in [0.3, 0.4) is 0 Å². The Morgan fingerprint density at radius 1 is 0.967 bits per heavy atom. The number of nitrogens with one attached hydrogen (secondary N) is 1. The van der Waals surface area contributed by atoms with Crippen LogP contribution in [0.2, 0.25) is 0 Å². The number of furan rings is 1. The van der Waals surface area contributed by atoms with E-state index in [1.54, 1.807) is 6.07 Å². The maximum Gasteiger partial charge on any atom is 0.375 e. The molecule has 0 fully saturated rings. The summed E-state index contributed by atoms with van der Waals surface area (Å²) >= 11 is 0. The number of methoxy groups -OCH3 is 1. The first-order chi connectivity index (χ1) is 14.6. The van der Waals surface area contributed by atoms with Crippen LogP contribution in [0.5, 0.6) is 0 Å². The van der Waals surface area contributed by atoms with E-state index in [4.69, 9.17) is 13.9 Å². The lowest BCUT2D eigenvalue weighted by Crippen LogP contribution is -2.30. The first-order valence-corrected chi connectivity index (χ1v) is 9.57. The first-order valence-electron chi connectivity index (χ1n) is 9.57. The van der Waals surface area contributed by atoms with Gasteiger partial charge in [-0.1, -0.05) is 54.6 Å². The van der Waals surface area contributed by atoms with E-state index < -0.39 is 18.0 Å². The smallest absolute Gasteiger partial charge is 0.375 e. The molecule has 6 heteroatoms. The van der Waals surface area contributed by atoms with Gasteiger partial charge in [-0.25, -0.2) is 4.79 Å². The van der Waals surface area contributed by atoms with Gasteiger partial charge in [0, 0.05) is 29.1 Å². The monoisotopic (exact) mass is 403 g/mol. The highest BCUT2D eigenvalue weighted by molar-refractivity contribution is 6.04. The van der Waals surface area contributed by atoms with E-state index >= 15 is 0 Å². The molecule has 0 saturated heterocycles. The summed E-state index contributed by atoms with van der Waals surface area (Å²) in [6.07, 6.45) is -1.01. The van der Waals surface area contributed by atoms with E-state index in [0.29, 0.717) is 16.8 Å². The van der Waals surface area contributed by atoms with Crippen molar-refractivity contribution in [2.24, 2.45) is 0 Å². The van der Waals surface area contributed by atoms with Crippen molar-refractivity contribution >= 4 is 39.3 Å². The number of carbonyl (C=O) groups is 2. The zero-order chi connectivity index (χ0) is 21.1. The average Bonchev–Trinajstić information content (AvgIpc) is 3.13. The Morgan fingerprint density at radius 2 is 1.67 bits per heavy atom. The number of ether oxygens (including phenoxy) is 2. The van der Waals surface area contributed by atoms with Gasteiger partial charge in [-0.2, -0.15) is 0 Å². The van der Waals surface area contributed by atoms with Gasteiger partial charge in [0.1, 0.15) is 5.58 Å². The summed E-state index contributed by atoms with van der Waals surface area (Å²) in [5, 5.41) is 5.53. The van der Waals surface area contributed by atoms with Crippen LogP contribution in [-0.4, -0.2) is 25.1 Å². The number of fused-ring (bicyclic) bond motifs is 2. The topological polar surface area (TPSA) is 77.8 Å². The van der Waals surface area contributed by atoms with E-state index in [2.05, 4.69) is 5.32 Å². The van der Waals surface area contributed by atoms with Gasteiger partial charge in [-0.3, -0.25) is 4.79 Å². The van der Waals surface area contributed by atoms with Crippen molar-refractivity contribution < 1.29 is 23.5 Å². The van der Waals surface area contributed by atoms with Crippen LogP contribution in [0, 0.1) is 0 Å². The lowest BCUT2D eigenvalue weighted by Gasteiger charge is -2.14. The number of esters is 1. The second kappa shape index (κ2) is 8.39. The molecule has 1 atom stereocenters. The third kappa shape index (κ3) is 3.77. The van der Waals surface area contributed by atoms with Crippen LogP contribution in [-0.2, 0) is 20.9 Å². The maximum absolute atomic E-state index is 12.7. The van der Waals surface area contributed by atoms with E-state index in [1.165, 1.54) is 14.0 Å². The van der Waals surface area contributed by atoms with Gasteiger partial charge >= 0.3 is 5.97 Å². The summed E-state index contributed by atoms with van der Waals surface area (Å²) in [7, 11) is 1.54. The molecule has 152 valence electrons. The molecule has 0 bridgehead atoms. The number of anilines is 1. The average molecular weight is 403 g/mol. The molecular weight excluding hydrogens is 382 g/mol. The van der Waals surface area contributed by atoms with Crippen molar-refractivity contribution in [1.82, 2.24) is 0 Å². The summed E-state index contributed by atoms with van der Waals surface area (Å²) in [5.74, 6) is -1.09. The fourth-order valence-electron chi connectivity index (χ4n) is 3.39. The summed E-state index contributed by atoms with van der Waals surface area (Å²) < 4.78 is 16.3. The van der Waals surface area contributed by atoms with Crippen molar-refractivity contribution in [3.8, 4) is 0 Å². The minimum atomic E-state index is -1.01. The van der Waals surface area contributed by atoms with Crippen molar-refractivity contribution in [2.75, 3.05) is 12.4 Å². The molecule has 0 aliphatic carbocycles. The summed E-state index contributed by atoms with van der Waals surface area (Å²) in [6.45, 7) is 1.72. The van der Waals surface area contributed by atoms with Crippen LogP contribution in [0.4, 0.5) is 5.69 Å². The van der Waals surface area contributed by atoms with Crippen LogP contribution >= 0.6 is 0 Å². The highest BCUT2D eigenvalue weighted by Gasteiger charge is 2.26. The molecule has 0 aliphatic rings. The van der Waals surface area contributed by atoms with Crippen LogP contribution in [0.25, 0.3) is 21.7 Å². The molecular formula is C24H21NO5. The summed E-state index contributed by atoms with van der Waals surface area (Å²) in [4.78, 5) is 25.4. The molecule has 1 amide bonds. The highest BCUT2D eigenvalue weighted by atomic mass is 16.6. The van der Waals surface area contributed by atoms with Gasteiger partial charge < -0.3 is 19.2 Å². The van der Waals surface area contributed by atoms with Crippen molar-refractivity contribution in [1.29, 1.82) is 0 Å². The quantitative estimate of drug-likeness (QED) is 0.463. The Labute approximate surface area is 173 Å². The molecule has 0 spiro atoms. The van der Waals surface area contributed by atoms with Gasteiger partial charge in [-0.15, -0.1) is 0 Å². The zero-order valence-electron chi connectivity index (χ0n) is 16.7. The summed E-state index contributed by atoms with van der Waals surface area (Å²) in [5.41, 5.74) is 1.81. The van der Waals surface area contributed by atoms with E-state index in [9.17, 15) is 9.59 Å². The normalized spacial score (nSPS) is 12.1. The number of rotatable bonds is 6. The van der Waals surface area contributed by atoms with Crippen molar-refractivity contribution in [3.05, 3.63) is 78.1 Å². The van der Waals surface area contributed by atoms with Crippen LogP contribution in [0.1, 0.15) is 23.0 Å². The van der Waals surface area contributed by atoms with Gasteiger partial charge in [0.25, 0.3) is 5.91 Å². The minimum absolute atomic E-state index is 0.0443. The van der Waals surface area contributed by atoms with Gasteiger partial charge in [0.05, 0.1) is 6.61 Å². The van der Waals surface area contributed by atoms with Crippen LogP contribution < -0.4 is 5.32 Å². The van der Waals surface area contributed by atoms with E-state index in [1.807, 2.05) is 60.7 Å². The molecule has 4 rings (SSSR count). The lowest BCUT2D eigenvalue weighted by atomic mass is 10.1. The predicted molar refractivity (Wildman–Crippen MR) is 114 cm³/mol. The van der Waals surface area contributed by atoms with Gasteiger partial charge in [0.15, 0.2) is 6.10 Å². The first kappa shape index (κ1) is 19.7. The zero-order valence-corrected chi connectivity index (χ0v) is 16.7. The number of hydrogen-bond acceptors (Lipinski definition) is 5. The molecule has 1 aromatic heterocycles. The molecule has 30 heavy (non-hydrogen) atoms. The molecule has 6 nitrogen and oxygen atoms in total. The molecule has 4 aromatic rings. The van der Waals surface area contributed by atoms with Gasteiger partial charge in [-0.05, 0) is 24.4 Å². The molecule has 0 saturated carbocycles. The fraction of sp³-hybridized carbons (Fsp3) is 0.167. The number of para-hydroxylation sites is 1. The Bertz CT molecular complexity index is 1220. The molecule has 3 aromatic carbocycles. The molecule has 1 N–H and O–H groups in total. The van der Waals surface area contributed by atoms with Crippen molar-refractivity contribution in [3.63, 3.8) is 0 Å². The second-order valence-electron chi connectivity index (χ2n) is 6.90. The molecule has 0 aliphatic heterocycles. The van der Waals surface area contributed by atoms with Crippen molar-refractivity contribution in [2.45, 2.75) is 19.6 Å². The second-order valence-corrected chi connectivity index (χ2v) is 6.90. The fourth-order valence-corrected chi connectivity index (χ4v) is 3.39. The Morgan fingerprint density at radius 3 is 2.47 bits per heavy atom. The Balaban J connectivity index is 1.53. The highest BCUT2D eigenvalue weighted by Crippen LogP contribution is 2.28. The van der Waals surface area contributed by atoms with E-state index in [-0.39, 0.29) is 12.4 Å². The summed E-state index contributed by atoms with van der Waals surface area (Å²) in [6, 6.07) is 20.6. The number of benzene rings is 3. The number of amides is 1. The maximum atomic E-state index is 12.7. The molecule has 1 heterocycles. The Kier molecular flexibility index (Phi) is 5.50. The predicted octanol–water partition coefficient (Wildman–Crippen LogP) is 4.92. The third-order valence-electron chi connectivity index (χ3n) is 4.87. The SMILES string of the molecule is COCc1c(C(=O)O[C@@H](C)C(=O)Nc2cccc3ccccc23)oc2ccccc12. The van der Waals surface area contributed by atoms with E-state index in [0.717, 1.165) is 16.2 Å². The van der Waals surface area contributed by atoms with Crippen LogP contribution in [0.15, 0.2) is 71.1 Å². The molecule has 0 radical (unpaired) electrons. The largest absolute Gasteiger partial charge is 0.449 e. The minimum Gasteiger partial charge on any atom is -0.449 e. The Hall–Kier alpha value is -3.64.